The molecule has 3 aliphatic heterocycles. The largest absolute Gasteiger partial charge is 0.444 e. The van der Waals surface area contributed by atoms with Crippen molar-refractivity contribution in [3.05, 3.63) is 41.5 Å². The number of rotatable bonds is 6. The van der Waals surface area contributed by atoms with E-state index in [9.17, 15) is 32.4 Å². The summed E-state index contributed by atoms with van der Waals surface area (Å²) in [5, 5.41) is 4.90. The van der Waals surface area contributed by atoms with E-state index in [1.807, 2.05) is 49.3 Å². The van der Waals surface area contributed by atoms with Gasteiger partial charge in [-0.25, -0.2) is 18.0 Å². The van der Waals surface area contributed by atoms with Crippen molar-refractivity contribution in [2.45, 2.75) is 126 Å². The Morgan fingerprint density at radius 3 is 2.52 bits per heavy atom. The summed E-state index contributed by atoms with van der Waals surface area (Å²) in [6.07, 6.45) is 6.33. The first-order chi connectivity index (χ1) is 25.5. The lowest BCUT2D eigenvalue weighted by Gasteiger charge is -2.31. The third kappa shape index (κ3) is 8.95. The number of nitrogens with one attached hydrogen (secondary N) is 3. The van der Waals surface area contributed by atoms with Crippen molar-refractivity contribution in [2.24, 2.45) is 5.92 Å². The normalized spacial score (nSPS) is 28.2. The molecule has 6 rings (SSSR count). The number of anilines is 1. The maximum Gasteiger partial charge on any atom is 0.410 e. The number of carbonyl (C=O) groups excluding carboxylic acids is 5. The first-order valence-corrected chi connectivity index (χ1v) is 20.6. The molecule has 1 aromatic carbocycles. The number of amides is 5. The quantitative estimate of drug-likeness (QED) is 0.364. The zero-order valence-corrected chi connectivity index (χ0v) is 32.7. The predicted molar refractivity (Wildman–Crippen MR) is 200 cm³/mol. The zero-order chi connectivity index (χ0) is 39.0. The molecule has 0 spiro atoms. The molecule has 5 aliphatic rings. The first-order valence-electron chi connectivity index (χ1n) is 19.1. The zero-order valence-electron chi connectivity index (χ0n) is 31.9. The Morgan fingerprint density at radius 2 is 1.81 bits per heavy atom. The molecule has 5 amide bonds. The fourth-order valence-corrected chi connectivity index (χ4v) is 9.04. The van der Waals surface area contributed by atoms with Gasteiger partial charge in [0.25, 0.3) is 5.91 Å². The Morgan fingerprint density at radius 1 is 1.06 bits per heavy atom. The van der Waals surface area contributed by atoms with Crippen molar-refractivity contribution < 1.29 is 41.9 Å². The number of sulfonamides is 1. The predicted octanol–water partition coefficient (Wildman–Crippen LogP) is 3.11. The van der Waals surface area contributed by atoms with E-state index in [0.717, 1.165) is 24.1 Å². The highest BCUT2D eigenvalue weighted by molar-refractivity contribution is 7.91. The van der Waals surface area contributed by atoms with Crippen LogP contribution in [0.2, 0.25) is 0 Å². The summed E-state index contributed by atoms with van der Waals surface area (Å²) in [7, 11) is 0.0471. The minimum atomic E-state index is -3.90. The molecule has 0 aromatic heterocycles. The van der Waals surface area contributed by atoms with Gasteiger partial charge in [-0.1, -0.05) is 37.1 Å². The van der Waals surface area contributed by atoms with Gasteiger partial charge in [-0.3, -0.25) is 19.1 Å². The number of nitrogens with zero attached hydrogens (tertiary/aromatic N) is 3. The van der Waals surface area contributed by atoms with Crippen LogP contribution in [0.1, 0.15) is 89.7 Å². The highest BCUT2D eigenvalue weighted by atomic mass is 32.2. The molecule has 0 bridgehead atoms. The molecule has 1 saturated heterocycles. The van der Waals surface area contributed by atoms with Gasteiger partial charge in [-0.2, -0.15) is 0 Å². The molecule has 5 atom stereocenters. The minimum Gasteiger partial charge on any atom is -0.444 e. The van der Waals surface area contributed by atoms with Crippen molar-refractivity contribution in [1.82, 2.24) is 25.2 Å². The second-order valence-corrected chi connectivity index (χ2v) is 18.4. The number of allylic oxidation sites excluding steroid dienone is 1. The van der Waals surface area contributed by atoms with Gasteiger partial charge < -0.3 is 34.8 Å². The van der Waals surface area contributed by atoms with Gasteiger partial charge in [-0.15, -0.1) is 0 Å². The molecule has 296 valence electrons. The molecule has 2 aliphatic carbocycles. The van der Waals surface area contributed by atoms with Crippen LogP contribution in [0.25, 0.3) is 0 Å². The smallest absolute Gasteiger partial charge is 0.410 e. The Bertz CT molecular complexity index is 1790. The second kappa shape index (κ2) is 15.4. The fraction of sp³-hybridized carbons (Fsp3) is 0.658. The van der Waals surface area contributed by atoms with Crippen LogP contribution < -0.4 is 20.3 Å². The first kappa shape index (κ1) is 39.4. The van der Waals surface area contributed by atoms with Crippen LogP contribution >= 0.6 is 0 Å². The summed E-state index contributed by atoms with van der Waals surface area (Å²) in [5.74, 6) is -2.48. The van der Waals surface area contributed by atoms with E-state index in [1.165, 1.54) is 10.5 Å². The van der Waals surface area contributed by atoms with Crippen molar-refractivity contribution in [1.29, 1.82) is 0 Å². The summed E-state index contributed by atoms with van der Waals surface area (Å²) < 4.78 is 39.3. The lowest BCUT2D eigenvalue weighted by Crippen LogP contribution is -2.58. The fourth-order valence-electron chi connectivity index (χ4n) is 7.68. The molecule has 1 aromatic rings. The number of alkyl carbamates (subject to hydrolysis) is 1. The maximum atomic E-state index is 14.4. The summed E-state index contributed by atoms with van der Waals surface area (Å²) in [6, 6.07) is 3.76. The summed E-state index contributed by atoms with van der Waals surface area (Å²) >= 11 is 0. The van der Waals surface area contributed by atoms with Gasteiger partial charge in [0.15, 0.2) is 0 Å². The monoisotopic (exact) mass is 770 g/mol. The van der Waals surface area contributed by atoms with Crippen LogP contribution in [-0.2, 0) is 46.8 Å². The SMILES string of the molecule is CN(C)c1cccc2c1CCN(C(=O)O[C@@H]1C[C@H]3C(=O)N[C@]4(C(=O)NS(=O)(=O)C5CC5)C[C@@H]4/C=C\CCCCC[C@H](NC(=O)OC(C)(C)C)C(=O)N3C1)C2. The molecular formula is C38H54N6O9S. The van der Waals surface area contributed by atoms with E-state index in [1.54, 1.807) is 25.7 Å². The Hall–Kier alpha value is -4.34. The summed E-state index contributed by atoms with van der Waals surface area (Å²) in [5.41, 5.74) is 0.916. The Labute approximate surface area is 317 Å². The number of hydrogen-bond acceptors (Lipinski definition) is 10. The molecule has 0 radical (unpaired) electrons. The average molecular weight is 771 g/mol. The topological polar surface area (TPSA) is 184 Å². The van der Waals surface area contributed by atoms with Crippen LogP contribution in [0.15, 0.2) is 30.4 Å². The molecule has 2 saturated carbocycles. The van der Waals surface area contributed by atoms with Gasteiger partial charge in [0.05, 0.1) is 11.8 Å². The Kier molecular flexibility index (Phi) is 11.2. The standard InChI is InChI=1S/C38H54N6O9S/c1-37(2,3)53-35(48)39-29-14-10-8-6-7-9-13-25-21-38(25,34(47)41-54(50,51)27-16-17-27)40-32(45)31-20-26(23-44(31)33(29)46)52-36(49)43-19-18-28-24(22-43)12-11-15-30(28)42(4)5/h9,11-13,15,25-27,29,31H,6-8,10,14,16-23H2,1-5H3,(H,39,48)(H,40,45)(H,41,47)/b13-9-/t25-,26+,29-,31-,38+/m0/s1. The lowest BCUT2D eigenvalue weighted by atomic mass is 9.97. The number of ether oxygens (including phenoxy) is 2. The number of benzene rings is 1. The second-order valence-electron chi connectivity index (χ2n) is 16.4. The highest BCUT2D eigenvalue weighted by Crippen LogP contribution is 2.46. The van der Waals surface area contributed by atoms with E-state index < -0.39 is 80.4 Å². The van der Waals surface area contributed by atoms with E-state index >= 15 is 0 Å². The van der Waals surface area contributed by atoms with E-state index in [-0.39, 0.29) is 25.8 Å². The molecular weight excluding hydrogens is 717 g/mol. The molecule has 3 heterocycles. The van der Waals surface area contributed by atoms with Crippen LogP contribution in [0, 0.1) is 5.92 Å². The van der Waals surface area contributed by atoms with Gasteiger partial charge >= 0.3 is 12.2 Å². The van der Waals surface area contributed by atoms with E-state index in [4.69, 9.17) is 9.47 Å². The molecule has 3 fully saturated rings. The van der Waals surface area contributed by atoms with Crippen molar-refractivity contribution in [3.8, 4) is 0 Å². The number of carbonyl (C=O) groups is 5. The average Bonchev–Trinajstić information content (AvgIpc) is 4.02. The summed E-state index contributed by atoms with van der Waals surface area (Å²) in [4.78, 5) is 73.9. The molecule has 15 nitrogen and oxygen atoms in total. The van der Waals surface area contributed by atoms with Gasteiger partial charge in [-0.05, 0) is 82.9 Å². The van der Waals surface area contributed by atoms with Crippen LogP contribution in [0.4, 0.5) is 15.3 Å². The van der Waals surface area contributed by atoms with Crippen molar-refractivity contribution >= 4 is 45.6 Å². The van der Waals surface area contributed by atoms with Crippen molar-refractivity contribution in [3.63, 3.8) is 0 Å². The molecule has 16 heteroatoms. The highest BCUT2D eigenvalue weighted by Gasteiger charge is 2.62. The van der Waals surface area contributed by atoms with Crippen LogP contribution in [0.5, 0.6) is 0 Å². The third-order valence-electron chi connectivity index (χ3n) is 10.8. The minimum absolute atomic E-state index is 0.0593. The third-order valence-corrected chi connectivity index (χ3v) is 12.6. The van der Waals surface area contributed by atoms with Crippen LogP contribution in [0.3, 0.4) is 0 Å². The van der Waals surface area contributed by atoms with Crippen LogP contribution in [-0.4, -0.2) is 110 Å². The number of fused-ring (bicyclic) bond motifs is 3. The Balaban J connectivity index is 1.24. The van der Waals surface area contributed by atoms with Gasteiger partial charge in [0.2, 0.25) is 21.8 Å². The lowest BCUT2D eigenvalue weighted by molar-refractivity contribution is -0.141. The molecule has 0 unspecified atom stereocenters. The number of hydrogen-bond donors (Lipinski definition) is 3. The maximum absolute atomic E-state index is 14.4. The summed E-state index contributed by atoms with van der Waals surface area (Å²) in [6.45, 7) is 5.79. The van der Waals surface area contributed by atoms with E-state index in [0.29, 0.717) is 45.2 Å². The molecule has 54 heavy (non-hydrogen) atoms. The van der Waals surface area contributed by atoms with E-state index in [2.05, 4.69) is 15.4 Å². The van der Waals surface area contributed by atoms with Gasteiger partial charge in [0, 0.05) is 45.2 Å². The molecule has 3 N–H and O–H groups in total. The van der Waals surface area contributed by atoms with Crippen molar-refractivity contribution in [2.75, 3.05) is 32.1 Å². The van der Waals surface area contributed by atoms with Gasteiger partial charge in [0.1, 0.15) is 29.3 Å².